The first-order chi connectivity index (χ1) is 6.40. The van der Waals surface area contributed by atoms with E-state index in [9.17, 15) is 0 Å². The Kier molecular flexibility index (Phi) is 2.44. The third-order valence-electron chi connectivity index (χ3n) is 1.99. The average molecular weight is 183 g/mol. The van der Waals surface area contributed by atoms with Crippen LogP contribution in [0.2, 0.25) is 0 Å². The first kappa shape index (κ1) is 8.50. The van der Waals surface area contributed by atoms with Crippen LogP contribution in [0.4, 0.5) is 6.01 Å². The zero-order valence-corrected chi connectivity index (χ0v) is 7.62. The number of hydrogen-bond acceptors (Lipinski definition) is 5. The first-order valence-corrected chi connectivity index (χ1v) is 4.59. The van der Waals surface area contributed by atoms with Crippen molar-refractivity contribution in [2.75, 3.05) is 18.5 Å². The molecule has 0 radical (unpaired) electrons. The second kappa shape index (κ2) is 3.74. The van der Waals surface area contributed by atoms with E-state index in [4.69, 9.17) is 9.26 Å². The molecule has 1 aromatic heterocycles. The Morgan fingerprint density at radius 3 is 3.23 bits per heavy atom. The van der Waals surface area contributed by atoms with Gasteiger partial charge in [0.15, 0.2) is 0 Å². The lowest BCUT2D eigenvalue weighted by Crippen LogP contribution is -2.00. The Morgan fingerprint density at radius 1 is 1.62 bits per heavy atom. The van der Waals surface area contributed by atoms with Crippen LogP contribution in [0, 0.1) is 0 Å². The van der Waals surface area contributed by atoms with Gasteiger partial charge in [-0.25, -0.2) is 0 Å². The quantitative estimate of drug-likeness (QED) is 0.766. The predicted molar refractivity (Wildman–Crippen MR) is 46.4 cm³/mol. The van der Waals surface area contributed by atoms with Crippen molar-refractivity contribution in [1.29, 1.82) is 0 Å². The summed E-state index contributed by atoms with van der Waals surface area (Å²) in [5.41, 5.74) is 0. The van der Waals surface area contributed by atoms with Gasteiger partial charge in [0.2, 0.25) is 5.82 Å². The van der Waals surface area contributed by atoms with E-state index >= 15 is 0 Å². The molecule has 0 aliphatic carbocycles. The number of ether oxygens (including phenoxy) is 1. The van der Waals surface area contributed by atoms with Crippen molar-refractivity contribution in [2.45, 2.75) is 25.9 Å². The molecule has 5 nitrogen and oxygen atoms in total. The highest BCUT2D eigenvalue weighted by Crippen LogP contribution is 2.26. The molecule has 0 bridgehead atoms. The van der Waals surface area contributed by atoms with Crippen LogP contribution in [0.5, 0.6) is 0 Å². The number of nitrogens with zero attached hydrogens (tertiary/aromatic N) is 2. The van der Waals surface area contributed by atoms with Crippen LogP contribution in [0.3, 0.4) is 0 Å². The summed E-state index contributed by atoms with van der Waals surface area (Å²) >= 11 is 0. The summed E-state index contributed by atoms with van der Waals surface area (Å²) in [4.78, 5) is 4.17. The molecule has 1 aliphatic heterocycles. The lowest BCUT2D eigenvalue weighted by Gasteiger charge is -2.00. The largest absolute Gasteiger partial charge is 0.370 e. The Morgan fingerprint density at radius 2 is 2.54 bits per heavy atom. The zero-order chi connectivity index (χ0) is 9.10. The molecule has 1 unspecified atom stereocenters. The monoisotopic (exact) mass is 183 g/mol. The minimum Gasteiger partial charge on any atom is -0.370 e. The highest BCUT2D eigenvalue weighted by Gasteiger charge is 2.22. The van der Waals surface area contributed by atoms with Gasteiger partial charge in [-0.1, -0.05) is 5.16 Å². The van der Waals surface area contributed by atoms with E-state index in [1.54, 1.807) is 0 Å². The van der Waals surface area contributed by atoms with Crippen LogP contribution in [0.1, 0.15) is 31.7 Å². The minimum atomic E-state index is 0.0381. The van der Waals surface area contributed by atoms with E-state index < -0.39 is 0 Å². The molecular weight excluding hydrogens is 170 g/mol. The highest BCUT2D eigenvalue weighted by atomic mass is 16.5. The van der Waals surface area contributed by atoms with Crippen LogP contribution in [0.25, 0.3) is 0 Å². The number of anilines is 1. The summed E-state index contributed by atoms with van der Waals surface area (Å²) in [5.74, 6) is 0.661. The smallest absolute Gasteiger partial charge is 0.321 e. The summed E-state index contributed by atoms with van der Waals surface area (Å²) in [6.07, 6.45) is 2.11. The summed E-state index contributed by atoms with van der Waals surface area (Å²) in [7, 11) is 0. The van der Waals surface area contributed by atoms with E-state index in [1.165, 1.54) is 0 Å². The third kappa shape index (κ3) is 1.80. The van der Waals surface area contributed by atoms with Gasteiger partial charge < -0.3 is 14.6 Å². The average Bonchev–Trinajstić information content (AvgIpc) is 2.70. The Hall–Kier alpha value is -1.10. The fourth-order valence-corrected chi connectivity index (χ4v) is 1.37. The standard InChI is InChI=1S/C8H13N3O2/c1-2-9-8-10-7(11-13-8)6-4-3-5-12-6/h6H,2-5H2,1H3,(H,9,10,11). The summed E-state index contributed by atoms with van der Waals surface area (Å²) < 4.78 is 10.4. The van der Waals surface area contributed by atoms with Gasteiger partial charge in [-0.05, 0) is 19.8 Å². The van der Waals surface area contributed by atoms with Crippen LogP contribution in [0.15, 0.2) is 4.52 Å². The molecule has 1 aromatic rings. The number of hydrogen-bond donors (Lipinski definition) is 1. The van der Waals surface area contributed by atoms with Crippen LogP contribution < -0.4 is 5.32 Å². The van der Waals surface area contributed by atoms with Crippen molar-refractivity contribution in [3.8, 4) is 0 Å². The molecular formula is C8H13N3O2. The summed E-state index contributed by atoms with van der Waals surface area (Å²) in [5, 5.41) is 6.80. The van der Waals surface area contributed by atoms with Crippen molar-refractivity contribution < 1.29 is 9.26 Å². The fraction of sp³-hybridized carbons (Fsp3) is 0.750. The Bertz CT molecular complexity index is 268. The third-order valence-corrected chi connectivity index (χ3v) is 1.99. The topological polar surface area (TPSA) is 60.2 Å². The van der Waals surface area contributed by atoms with E-state index in [-0.39, 0.29) is 6.10 Å². The van der Waals surface area contributed by atoms with Gasteiger partial charge in [-0.3, -0.25) is 0 Å². The van der Waals surface area contributed by atoms with Gasteiger partial charge in [0, 0.05) is 13.2 Å². The number of aromatic nitrogens is 2. The summed E-state index contributed by atoms with van der Waals surface area (Å²) in [6, 6.07) is 0.480. The first-order valence-electron chi connectivity index (χ1n) is 4.59. The molecule has 1 N–H and O–H groups in total. The van der Waals surface area contributed by atoms with E-state index in [2.05, 4.69) is 15.5 Å². The van der Waals surface area contributed by atoms with Gasteiger partial charge in [-0.2, -0.15) is 4.98 Å². The van der Waals surface area contributed by atoms with Crippen molar-refractivity contribution in [3.63, 3.8) is 0 Å². The molecule has 0 amide bonds. The predicted octanol–water partition coefficient (Wildman–Crippen LogP) is 1.35. The van der Waals surface area contributed by atoms with E-state index in [0.29, 0.717) is 11.8 Å². The molecule has 0 spiro atoms. The van der Waals surface area contributed by atoms with Gasteiger partial charge in [0.25, 0.3) is 0 Å². The van der Waals surface area contributed by atoms with Crippen LogP contribution in [-0.2, 0) is 4.74 Å². The number of nitrogens with one attached hydrogen (secondary N) is 1. The summed E-state index contributed by atoms with van der Waals surface area (Å²) in [6.45, 7) is 3.57. The van der Waals surface area contributed by atoms with Crippen LogP contribution >= 0.6 is 0 Å². The van der Waals surface area contributed by atoms with Gasteiger partial charge >= 0.3 is 6.01 Å². The van der Waals surface area contributed by atoms with Gasteiger partial charge in [-0.15, -0.1) is 0 Å². The molecule has 0 saturated carbocycles. The molecule has 2 heterocycles. The lowest BCUT2D eigenvalue weighted by molar-refractivity contribution is 0.103. The zero-order valence-electron chi connectivity index (χ0n) is 7.62. The molecule has 0 aromatic carbocycles. The Balaban J connectivity index is 2.03. The molecule has 1 saturated heterocycles. The second-order valence-corrected chi connectivity index (χ2v) is 2.99. The van der Waals surface area contributed by atoms with E-state index in [0.717, 1.165) is 26.0 Å². The molecule has 2 rings (SSSR count). The highest BCUT2D eigenvalue weighted by molar-refractivity contribution is 5.18. The maximum absolute atomic E-state index is 5.42. The minimum absolute atomic E-state index is 0.0381. The van der Waals surface area contributed by atoms with Gasteiger partial charge in [0.1, 0.15) is 6.10 Å². The van der Waals surface area contributed by atoms with Crippen molar-refractivity contribution in [3.05, 3.63) is 5.82 Å². The van der Waals surface area contributed by atoms with Crippen molar-refractivity contribution >= 4 is 6.01 Å². The molecule has 1 atom stereocenters. The van der Waals surface area contributed by atoms with Crippen molar-refractivity contribution in [1.82, 2.24) is 10.1 Å². The van der Waals surface area contributed by atoms with Crippen LogP contribution in [-0.4, -0.2) is 23.3 Å². The van der Waals surface area contributed by atoms with Crippen molar-refractivity contribution in [2.24, 2.45) is 0 Å². The molecule has 1 fully saturated rings. The second-order valence-electron chi connectivity index (χ2n) is 2.99. The maximum atomic E-state index is 5.42. The van der Waals surface area contributed by atoms with Gasteiger partial charge in [0.05, 0.1) is 0 Å². The fourth-order valence-electron chi connectivity index (χ4n) is 1.37. The Labute approximate surface area is 76.5 Å². The molecule has 72 valence electrons. The molecule has 1 aliphatic rings. The maximum Gasteiger partial charge on any atom is 0.321 e. The molecule has 5 heteroatoms. The lowest BCUT2D eigenvalue weighted by atomic mass is 10.2. The SMILES string of the molecule is CCNc1nc(C2CCCO2)no1. The number of rotatable bonds is 3. The normalized spacial score (nSPS) is 22.1. The molecule has 13 heavy (non-hydrogen) atoms. The van der Waals surface area contributed by atoms with E-state index in [1.807, 2.05) is 6.92 Å².